The Balaban J connectivity index is 1.67. The molecule has 23 heavy (non-hydrogen) atoms. The molecular formula is C19H19N3O. The molecule has 0 unspecified atom stereocenters. The predicted molar refractivity (Wildman–Crippen MR) is 89.8 cm³/mol. The maximum absolute atomic E-state index is 12.5. The highest BCUT2D eigenvalue weighted by molar-refractivity contribution is 5.94. The summed E-state index contributed by atoms with van der Waals surface area (Å²) < 4.78 is 0. The molecule has 1 amide bonds. The third kappa shape index (κ3) is 3.41. The summed E-state index contributed by atoms with van der Waals surface area (Å²) in [7, 11) is 0. The molecule has 0 aromatic heterocycles. The number of carbonyl (C=O) groups excluding carboxylic acids is 1. The first kappa shape index (κ1) is 15.3. The van der Waals surface area contributed by atoms with E-state index in [1.54, 1.807) is 24.3 Å². The van der Waals surface area contributed by atoms with Crippen LogP contribution in [0.4, 0.5) is 5.69 Å². The average Bonchev–Trinajstić information content (AvgIpc) is 2.60. The number of benzene rings is 2. The molecule has 0 spiro atoms. The highest BCUT2D eigenvalue weighted by Crippen LogP contribution is 2.21. The molecule has 4 heteroatoms. The van der Waals surface area contributed by atoms with Crippen LogP contribution in [0.2, 0.25) is 0 Å². The van der Waals surface area contributed by atoms with E-state index in [4.69, 9.17) is 5.26 Å². The first-order valence-electron chi connectivity index (χ1n) is 7.79. The zero-order chi connectivity index (χ0) is 16.2. The van der Waals surface area contributed by atoms with E-state index in [0.717, 1.165) is 19.5 Å². The van der Waals surface area contributed by atoms with E-state index in [1.807, 2.05) is 13.0 Å². The quantitative estimate of drug-likeness (QED) is 0.948. The topological polar surface area (TPSA) is 56.1 Å². The van der Waals surface area contributed by atoms with E-state index in [2.05, 4.69) is 34.5 Å². The minimum absolute atomic E-state index is 0.0422. The molecule has 1 aliphatic heterocycles. The number of carbonyl (C=O) groups is 1. The van der Waals surface area contributed by atoms with Gasteiger partial charge in [-0.1, -0.05) is 30.3 Å². The minimum Gasteiger partial charge on any atom is -0.325 e. The molecule has 1 N–H and O–H groups in total. The van der Waals surface area contributed by atoms with Crippen LogP contribution in [0.3, 0.4) is 0 Å². The number of rotatable bonds is 3. The monoisotopic (exact) mass is 305 g/mol. The van der Waals surface area contributed by atoms with Crippen molar-refractivity contribution in [2.24, 2.45) is 0 Å². The van der Waals surface area contributed by atoms with Crippen molar-refractivity contribution in [1.82, 2.24) is 4.90 Å². The molecule has 2 aromatic carbocycles. The molecule has 3 rings (SSSR count). The lowest BCUT2D eigenvalue weighted by atomic mass is 9.99. The Bertz CT molecular complexity index is 763. The molecule has 0 radical (unpaired) electrons. The van der Waals surface area contributed by atoms with Gasteiger partial charge in [0.15, 0.2) is 0 Å². The van der Waals surface area contributed by atoms with Gasteiger partial charge in [-0.05, 0) is 42.7 Å². The lowest BCUT2D eigenvalue weighted by Crippen LogP contribution is -2.44. The van der Waals surface area contributed by atoms with Gasteiger partial charge in [0.2, 0.25) is 5.91 Å². The number of anilines is 1. The fraction of sp³-hybridized carbons (Fsp3) is 0.263. The normalized spacial score (nSPS) is 15.3. The van der Waals surface area contributed by atoms with Crippen molar-refractivity contribution >= 4 is 11.6 Å². The Kier molecular flexibility index (Phi) is 4.40. The van der Waals surface area contributed by atoms with Crippen LogP contribution in [0.1, 0.15) is 23.6 Å². The fourth-order valence-electron chi connectivity index (χ4n) is 2.93. The van der Waals surface area contributed by atoms with Crippen molar-refractivity contribution in [3.63, 3.8) is 0 Å². The van der Waals surface area contributed by atoms with Crippen LogP contribution < -0.4 is 5.32 Å². The minimum atomic E-state index is -0.214. The largest absolute Gasteiger partial charge is 0.325 e. The van der Waals surface area contributed by atoms with E-state index in [-0.39, 0.29) is 11.9 Å². The predicted octanol–water partition coefficient (Wildman–Crippen LogP) is 2.94. The maximum atomic E-state index is 12.5. The molecule has 116 valence electrons. The van der Waals surface area contributed by atoms with E-state index < -0.39 is 0 Å². The van der Waals surface area contributed by atoms with Crippen molar-refractivity contribution in [2.45, 2.75) is 25.9 Å². The molecule has 0 bridgehead atoms. The number of nitrogens with zero attached hydrogens (tertiary/aromatic N) is 2. The summed E-state index contributed by atoms with van der Waals surface area (Å²) in [5.41, 5.74) is 3.88. The van der Waals surface area contributed by atoms with Crippen molar-refractivity contribution in [3.8, 4) is 6.07 Å². The van der Waals surface area contributed by atoms with Gasteiger partial charge in [0.25, 0.3) is 0 Å². The lowest BCUT2D eigenvalue weighted by Gasteiger charge is -2.32. The van der Waals surface area contributed by atoms with Gasteiger partial charge in [0.1, 0.15) is 0 Å². The number of fused-ring (bicyclic) bond motifs is 1. The van der Waals surface area contributed by atoms with Crippen LogP contribution >= 0.6 is 0 Å². The second-order valence-corrected chi connectivity index (χ2v) is 5.85. The first-order chi connectivity index (χ1) is 11.2. The molecule has 0 aliphatic carbocycles. The van der Waals surface area contributed by atoms with E-state index in [9.17, 15) is 4.79 Å². The average molecular weight is 305 g/mol. The van der Waals surface area contributed by atoms with Crippen molar-refractivity contribution in [1.29, 1.82) is 5.26 Å². The number of amides is 1. The third-order valence-corrected chi connectivity index (χ3v) is 4.35. The molecule has 4 nitrogen and oxygen atoms in total. The lowest BCUT2D eigenvalue weighted by molar-refractivity contribution is -0.121. The Hall–Kier alpha value is -2.64. The number of hydrogen-bond acceptors (Lipinski definition) is 3. The zero-order valence-corrected chi connectivity index (χ0v) is 13.1. The molecule has 0 saturated carbocycles. The molecule has 1 atom stereocenters. The second-order valence-electron chi connectivity index (χ2n) is 5.85. The van der Waals surface area contributed by atoms with Crippen molar-refractivity contribution < 1.29 is 4.79 Å². The van der Waals surface area contributed by atoms with Gasteiger partial charge in [-0.2, -0.15) is 5.26 Å². The first-order valence-corrected chi connectivity index (χ1v) is 7.79. The Morgan fingerprint density at radius 2 is 2.00 bits per heavy atom. The molecule has 1 aliphatic rings. The van der Waals surface area contributed by atoms with E-state index in [1.165, 1.54) is 11.1 Å². The summed E-state index contributed by atoms with van der Waals surface area (Å²) in [6, 6.07) is 17.2. The summed E-state index contributed by atoms with van der Waals surface area (Å²) in [6.07, 6.45) is 0.970. The summed E-state index contributed by atoms with van der Waals surface area (Å²) >= 11 is 0. The Morgan fingerprint density at radius 3 is 2.78 bits per heavy atom. The molecular weight excluding hydrogens is 286 g/mol. The van der Waals surface area contributed by atoms with Gasteiger partial charge < -0.3 is 5.32 Å². The van der Waals surface area contributed by atoms with Gasteiger partial charge in [0, 0.05) is 18.8 Å². The van der Waals surface area contributed by atoms with Crippen LogP contribution in [-0.2, 0) is 17.8 Å². The van der Waals surface area contributed by atoms with Gasteiger partial charge >= 0.3 is 0 Å². The highest BCUT2D eigenvalue weighted by atomic mass is 16.2. The van der Waals surface area contributed by atoms with E-state index in [0.29, 0.717) is 11.3 Å². The summed E-state index contributed by atoms with van der Waals surface area (Å²) in [5, 5.41) is 11.8. The Labute approximate surface area is 136 Å². The molecule has 0 fully saturated rings. The number of hydrogen-bond donors (Lipinski definition) is 1. The summed E-state index contributed by atoms with van der Waals surface area (Å²) in [5.74, 6) is -0.0422. The molecule has 2 aromatic rings. The van der Waals surface area contributed by atoms with Crippen molar-refractivity contribution in [3.05, 3.63) is 65.2 Å². The standard InChI is InChI=1S/C19H19N3O/c1-14(19(23)21-18-8-4-5-15(11-18)12-20)22-10-9-16-6-2-3-7-17(16)13-22/h2-8,11,14H,9-10,13H2,1H3,(H,21,23)/t14-/m0/s1. The smallest absolute Gasteiger partial charge is 0.241 e. The highest BCUT2D eigenvalue weighted by Gasteiger charge is 2.25. The molecule has 0 saturated heterocycles. The van der Waals surface area contributed by atoms with Gasteiger partial charge in [-0.25, -0.2) is 0 Å². The van der Waals surface area contributed by atoms with Crippen LogP contribution in [0.5, 0.6) is 0 Å². The number of nitrogens with one attached hydrogen (secondary N) is 1. The summed E-state index contributed by atoms with van der Waals surface area (Å²) in [4.78, 5) is 14.7. The van der Waals surface area contributed by atoms with Crippen LogP contribution in [-0.4, -0.2) is 23.4 Å². The third-order valence-electron chi connectivity index (χ3n) is 4.35. The Morgan fingerprint density at radius 1 is 1.22 bits per heavy atom. The van der Waals surface area contributed by atoms with Crippen LogP contribution in [0.15, 0.2) is 48.5 Å². The summed E-state index contributed by atoms with van der Waals surface area (Å²) in [6.45, 7) is 3.60. The fourth-order valence-corrected chi connectivity index (χ4v) is 2.93. The van der Waals surface area contributed by atoms with Crippen LogP contribution in [0.25, 0.3) is 0 Å². The van der Waals surface area contributed by atoms with E-state index >= 15 is 0 Å². The van der Waals surface area contributed by atoms with Gasteiger partial charge in [-0.15, -0.1) is 0 Å². The molecule has 1 heterocycles. The number of nitriles is 1. The van der Waals surface area contributed by atoms with Gasteiger partial charge in [0.05, 0.1) is 17.7 Å². The second kappa shape index (κ2) is 6.64. The zero-order valence-electron chi connectivity index (χ0n) is 13.1. The SMILES string of the molecule is C[C@@H](C(=O)Nc1cccc(C#N)c1)N1CCc2ccccc2C1. The van der Waals surface area contributed by atoms with Crippen molar-refractivity contribution in [2.75, 3.05) is 11.9 Å². The van der Waals surface area contributed by atoms with Crippen LogP contribution in [0, 0.1) is 11.3 Å². The maximum Gasteiger partial charge on any atom is 0.241 e. The van der Waals surface area contributed by atoms with Gasteiger partial charge in [-0.3, -0.25) is 9.69 Å².